The van der Waals surface area contributed by atoms with Crippen LogP contribution in [0.1, 0.15) is 58.3 Å². The van der Waals surface area contributed by atoms with Crippen LogP contribution in [0.5, 0.6) is 0 Å². The fraction of sp³-hybridized carbons (Fsp3) is 0.929. The van der Waals surface area contributed by atoms with Gasteiger partial charge >= 0.3 is 0 Å². The zero-order chi connectivity index (χ0) is 12.5. The Morgan fingerprint density at radius 2 is 2.00 bits per heavy atom. The standard InChI is InChI=1S/C14H28N2O/c1-12-7-6-8-13(12)11-16-14(17)9-4-2-3-5-10-15/h12-13H,2-11,15H2,1H3,(H,16,17). The smallest absolute Gasteiger partial charge is 0.220 e. The molecule has 3 N–H and O–H groups in total. The lowest BCUT2D eigenvalue weighted by Crippen LogP contribution is -2.30. The van der Waals surface area contributed by atoms with E-state index >= 15 is 0 Å². The van der Waals surface area contributed by atoms with Crippen molar-refractivity contribution in [2.75, 3.05) is 13.1 Å². The zero-order valence-corrected chi connectivity index (χ0v) is 11.2. The summed E-state index contributed by atoms with van der Waals surface area (Å²) in [7, 11) is 0. The van der Waals surface area contributed by atoms with Gasteiger partial charge in [0.2, 0.25) is 5.91 Å². The van der Waals surface area contributed by atoms with E-state index in [0.29, 0.717) is 6.42 Å². The number of amides is 1. The molecule has 0 aromatic heterocycles. The van der Waals surface area contributed by atoms with E-state index in [4.69, 9.17) is 5.73 Å². The first-order chi connectivity index (χ1) is 8.24. The van der Waals surface area contributed by atoms with Crippen LogP contribution in [0.3, 0.4) is 0 Å². The second kappa shape index (κ2) is 8.51. The molecule has 0 heterocycles. The second-order valence-electron chi connectivity index (χ2n) is 5.43. The fourth-order valence-corrected chi connectivity index (χ4v) is 2.64. The van der Waals surface area contributed by atoms with Gasteiger partial charge in [-0.15, -0.1) is 0 Å². The Labute approximate surface area is 106 Å². The summed E-state index contributed by atoms with van der Waals surface area (Å²) in [5.74, 6) is 1.74. The minimum absolute atomic E-state index is 0.233. The van der Waals surface area contributed by atoms with Gasteiger partial charge in [0.25, 0.3) is 0 Å². The van der Waals surface area contributed by atoms with E-state index < -0.39 is 0 Å². The highest BCUT2D eigenvalue weighted by molar-refractivity contribution is 5.75. The second-order valence-corrected chi connectivity index (χ2v) is 5.43. The average molecular weight is 240 g/mol. The summed E-state index contributed by atoms with van der Waals surface area (Å²) in [6.45, 7) is 3.96. The van der Waals surface area contributed by atoms with Crippen LogP contribution >= 0.6 is 0 Å². The Balaban J connectivity index is 1.97. The maximum atomic E-state index is 11.6. The van der Waals surface area contributed by atoms with Crippen LogP contribution in [0, 0.1) is 11.8 Å². The summed E-state index contributed by atoms with van der Waals surface area (Å²) in [4.78, 5) is 11.6. The van der Waals surface area contributed by atoms with Crippen LogP contribution in [-0.4, -0.2) is 19.0 Å². The summed E-state index contributed by atoms with van der Waals surface area (Å²) in [6.07, 6.45) is 9.02. The molecule has 3 nitrogen and oxygen atoms in total. The third kappa shape index (κ3) is 6.06. The minimum atomic E-state index is 0.233. The van der Waals surface area contributed by atoms with Crippen molar-refractivity contribution in [2.45, 2.75) is 58.3 Å². The van der Waals surface area contributed by atoms with Crippen molar-refractivity contribution in [2.24, 2.45) is 17.6 Å². The van der Waals surface area contributed by atoms with E-state index in [1.165, 1.54) is 19.3 Å². The lowest BCUT2D eigenvalue weighted by atomic mass is 9.98. The quantitative estimate of drug-likeness (QED) is 0.640. The maximum absolute atomic E-state index is 11.6. The van der Waals surface area contributed by atoms with Crippen LogP contribution in [0.4, 0.5) is 0 Å². The van der Waals surface area contributed by atoms with Crippen molar-refractivity contribution >= 4 is 5.91 Å². The predicted octanol–water partition coefficient (Wildman–Crippen LogP) is 2.45. The van der Waals surface area contributed by atoms with Gasteiger partial charge in [-0.05, 0) is 37.6 Å². The summed E-state index contributed by atoms with van der Waals surface area (Å²) >= 11 is 0. The molecule has 1 saturated carbocycles. The fourth-order valence-electron chi connectivity index (χ4n) is 2.64. The van der Waals surface area contributed by atoms with E-state index in [9.17, 15) is 4.79 Å². The number of hydrogen-bond acceptors (Lipinski definition) is 2. The van der Waals surface area contributed by atoms with Crippen molar-refractivity contribution in [3.8, 4) is 0 Å². The molecule has 1 rings (SSSR count). The molecule has 0 saturated heterocycles. The molecule has 3 heteroatoms. The van der Waals surface area contributed by atoms with E-state index in [1.807, 2.05) is 0 Å². The van der Waals surface area contributed by atoms with Crippen LogP contribution < -0.4 is 11.1 Å². The minimum Gasteiger partial charge on any atom is -0.356 e. The van der Waals surface area contributed by atoms with E-state index in [0.717, 1.165) is 50.6 Å². The number of rotatable bonds is 8. The number of carbonyl (C=O) groups is 1. The molecule has 1 aliphatic carbocycles. The van der Waals surface area contributed by atoms with Crippen molar-refractivity contribution in [3.63, 3.8) is 0 Å². The Hall–Kier alpha value is -0.570. The molecule has 1 fully saturated rings. The maximum Gasteiger partial charge on any atom is 0.220 e. The van der Waals surface area contributed by atoms with Gasteiger partial charge in [-0.3, -0.25) is 4.79 Å². The Morgan fingerprint density at radius 3 is 2.65 bits per heavy atom. The van der Waals surface area contributed by atoms with Crippen LogP contribution in [0.25, 0.3) is 0 Å². The monoisotopic (exact) mass is 240 g/mol. The molecule has 2 atom stereocenters. The average Bonchev–Trinajstić information content (AvgIpc) is 2.72. The Kier molecular flexibility index (Phi) is 7.25. The highest BCUT2D eigenvalue weighted by Gasteiger charge is 2.23. The number of carbonyl (C=O) groups excluding carboxylic acids is 1. The molecule has 0 aromatic carbocycles. The third-order valence-corrected chi connectivity index (χ3v) is 3.96. The first kappa shape index (κ1) is 14.5. The first-order valence-electron chi connectivity index (χ1n) is 7.20. The van der Waals surface area contributed by atoms with Gasteiger partial charge in [0.15, 0.2) is 0 Å². The van der Waals surface area contributed by atoms with E-state index in [-0.39, 0.29) is 5.91 Å². The van der Waals surface area contributed by atoms with Gasteiger partial charge in [-0.2, -0.15) is 0 Å². The lowest BCUT2D eigenvalue weighted by molar-refractivity contribution is -0.121. The number of unbranched alkanes of at least 4 members (excludes halogenated alkanes) is 3. The molecule has 1 amide bonds. The molecular weight excluding hydrogens is 212 g/mol. The summed E-state index contributed by atoms with van der Waals surface area (Å²) in [5.41, 5.74) is 5.42. The van der Waals surface area contributed by atoms with Crippen molar-refractivity contribution < 1.29 is 4.79 Å². The normalized spacial score (nSPS) is 23.9. The largest absolute Gasteiger partial charge is 0.356 e. The summed E-state index contributed by atoms with van der Waals surface area (Å²) in [6, 6.07) is 0. The predicted molar refractivity (Wildman–Crippen MR) is 71.7 cm³/mol. The van der Waals surface area contributed by atoms with Gasteiger partial charge in [0.05, 0.1) is 0 Å². The highest BCUT2D eigenvalue weighted by Crippen LogP contribution is 2.30. The molecule has 0 bridgehead atoms. The Morgan fingerprint density at radius 1 is 1.24 bits per heavy atom. The SMILES string of the molecule is CC1CCCC1CNC(=O)CCCCCCN. The Bertz CT molecular complexity index is 218. The van der Waals surface area contributed by atoms with Gasteiger partial charge < -0.3 is 11.1 Å². The van der Waals surface area contributed by atoms with Gasteiger partial charge in [-0.25, -0.2) is 0 Å². The van der Waals surface area contributed by atoms with Crippen LogP contribution in [0.15, 0.2) is 0 Å². The van der Waals surface area contributed by atoms with Crippen LogP contribution in [0.2, 0.25) is 0 Å². The number of nitrogens with one attached hydrogen (secondary N) is 1. The third-order valence-electron chi connectivity index (χ3n) is 3.96. The van der Waals surface area contributed by atoms with Crippen LogP contribution in [-0.2, 0) is 4.79 Å². The highest BCUT2D eigenvalue weighted by atomic mass is 16.1. The zero-order valence-electron chi connectivity index (χ0n) is 11.2. The molecule has 2 unspecified atom stereocenters. The molecule has 17 heavy (non-hydrogen) atoms. The van der Waals surface area contributed by atoms with E-state index in [1.54, 1.807) is 0 Å². The molecular formula is C14H28N2O. The molecule has 0 spiro atoms. The van der Waals surface area contributed by atoms with Crippen molar-refractivity contribution in [1.82, 2.24) is 5.32 Å². The molecule has 0 aliphatic heterocycles. The first-order valence-corrected chi connectivity index (χ1v) is 7.20. The molecule has 0 aromatic rings. The molecule has 100 valence electrons. The van der Waals surface area contributed by atoms with Gasteiger partial charge in [0, 0.05) is 13.0 Å². The van der Waals surface area contributed by atoms with E-state index in [2.05, 4.69) is 12.2 Å². The van der Waals surface area contributed by atoms with Gasteiger partial charge in [-0.1, -0.05) is 32.6 Å². The molecule has 0 radical (unpaired) electrons. The summed E-state index contributed by atoms with van der Waals surface area (Å²) in [5, 5.41) is 3.08. The number of hydrogen-bond donors (Lipinski definition) is 2. The topological polar surface area (TPSA) is 55.1 Å². The van der Waals surface area contributed by atoms with Crippen molar-refractivity contribution in [3.05, 3.63) is 0 Å². The lowest BCUT2D eigenvalue weighted by Gasteiger charge is -2.15. The molecule has 1 aliphatic rings. The van der Waals surface area contributed by atoms with Gasteiger partial charge in [0.1, 0.15) is 0 Å². The van der Waals surface area contributed by atoms with Crippen molar-refractivity contribution in [1.29, 1.82) is 0 Å². The number of nitrogens with two attached hydrogens (primary N) is 1. The summed E-state index contributed by atoms with van der Waals surface area (Å²) < 4.78 is 0.